The average Bonchev–Trinajstić information content (AvgIpc) is 2.40. The van der Waals surface area contributed by atoms with Crippen LogP contribution in [0.5, 0.6) is 0 Å². The van der Waals surface area contributed by atoms with Crippen LogP contribution in [0.1, 0.15) is 35.9 Å². The fourth-order valence-electron chi connectivity index (χ4n) is 2.04. The predicted molar refractivity (Wildman–Crippen MR) is 73.3 cm³/mol. The highest BCUT2D eigenvalue weighted by molar-refractivity contribution is 5.15. The molecule has 1 aromatic heterocycles. The monoisotopic (exact) mass is 241 g/mol. The maximum Gasteiger partial charge on any atom is 0.0960 e. The molecule has 94 valence electrons. The van der Waals surface area contributed by atoms with E-state index in [1.165, 1.54) is 5.56 Å². The molecule has 1 aromatic carbocycles. The molecule has 0 saturated heterocycles. The van der Waals surface area contributed by atoms with Crippen LogP contribution in [-0.4, -0.2) is 10.1 Å². The Hall–Kier alpha value is -1.67. The van der Waals surface area contributed by atoms with Crippen molar-refractivity contribution in [1.82, 2.24) is 4.98 Å². The summed E-state index contributed by atoms with van der Waals surface area (Å²) in [5, 5.41) is 10.1. The van der Waals surface area contributed by atoms with Crippen molar-refractivity contribution < 1.29 is 5.11 Å². The molecule has 1 unspecified atom stereocenters. The van der Waals surface area contributed by atoms with Crippen LogP contribution in [0.3, 0.4) is 0 Å². The van der Waals surface area contributed by atoms with Gasteiger partial charge in [0, 0.05) is 5.69 Å². The molecule has 2 aromatic rings. The SMILES string of the molecule is Cc1cccc(C(O)CCCc2ccccc2)n1. The quantitative estimate of drug-likeness (QED) is 0.869. The average molecular weight is 241 g/mol. The van der Waals surface area contributed by atoms with E-state index in [-0.39, 0.29) is 0 Å². The maximum atomic E-state index is 10.1. The van der Waals surface area contributed by atoms with E-state index in [2.05, 4.69) is 17.1 Å². The molecule has 0 aliphatic heterocycles. The standard InChI is InChI=1S/C16H19NO/c1-13-7-5-11-15(17-13)16(18)12-6-10-14-8-3-2-4-9-14/h2-5,7-9,11,16,18H,6,10,12H2,1H3. The van der Waals surface area contributed by atoms with Gasteiger partial charge in [0.2, 0.25) is 0 Å². The first-order chi connectivity index (χ1) is 8.75. The van der Waals surface area contributed by atoms with E-state index in [0.29, 0.717) is 0 Å². The highest BCUT2D eigenvalue weighted by Crippen LogP contribution is 2.17. The number of hydrogen-bond donors (Lipinski definition) is 1. The first-order valence-corrected chi connectivity index (χ1v) is 6.41. The lowest BCUT2D eigenvalue weighted by atomic mass is 10.0. The number of benzene rings is 1. The van der Waals surface area contributed by atoms with Crippen molar-refractivity contribution in [3.63, 3.8) is 0 Å². The first kappa shape index (κ1) is 12.8. The molecule has 0 spiro atoms. The van der Waals surface area contributed by atoms with Gasteiger partial charge in [-0.15, -0.1) is 0 Å². The number of aryl methyl sites for hydroxylation is 2. The largest absolute Gasteiger partial charge is 0.387 e. The van der Waals surface area contributed by atoms with Crippen molar-refractivity contribution in [3.05, 3.63) is 65.5 Å². The number of rotatable bonds is 5. The van der Waals surface area contributed by atoms with Gasteiger partial charge in [0.25, 0.3) is 0 Å². The van der Waals surface area contributed by atoms with E-state index >= 15 is 0 Å². The van der Waals surface area contributed by atoms with Crippen LogP contribution in [0.4, 0.5) is 0 Å². The van der Waals surface area contributed by atoms with Crippen molar-refractivity contribution in [1.29, 1.82) is 0 Å². The fourth-order valence-corrected chi connectivity index (χ4v) is 2.04. The van der Waals surface area contributed by atoms with Gasteiger partial charge in [-0.2, -0.15) is 0 Å². The maximum absolute atomic E-state index is 10.1. The fraction of sp³-hybridized carbons (Fsp3) is 0.312. The van der Waals surface area contributed by atoms with Crippen LogP contribution in [0.25, 0.3) is 0 Å². The van der Waals surface area contributed by atoms with E-state index in [9.17, 15) is 5.11 Å². The number of nitrogens with zero attached hydrogens (tertiary/aromatic N) is 1. The predicted octanol–water partition coefficient (Wildman–Crippen LogP) is 3.45. The lowest BCUT2D eigenvalue weighted by Gasteiger charge is -2.10. The number of aliphatic hydroxyl groups is 1. The minimum atomic E-state index is -0.450. The van der Waals surface area contributed by atoms with Crippen molar-refractivity contribution in [3.8, 4) is 0 Å². The Kier molecular flexibility index (Phi) is 4.48. The molecule has 0 radical (unpaired) electrons. The molecule has 1 atom stereocenters. The summed E-state index contributed by atoms with van der Waals surface area (Å²) in [6.07, 6.45) is 2.28. The summed E-state index contributed by atoms with van der Waals surface area (Å²) < 4.78 is 0. The third kappa shape index (κ3) is 3.67. The van der Waals surface area contributed by atoms with Gasteiger partial charge < -0.3 is 5.11 Å². The highest BCUT2D eigenvalue weighted by atomic mass is 16.3. The zero-order valence-electron chi connectivity index (χ0n) is 10.7. The molecule has 0 aliphatic carbocycles. The van der Waals surface area contributed by atoms with Gasteiger partial charge in [-0.1, -0.05) is 36.4 Å². The van der Waals surface area contributed by atoms with Crippen molar-refractivity contribution in [2.45, 2.75) is 32.3 Å². The van der Waals surface area contributed by atoms with E-state index in [1.807, 2.05) is 43.3 Å². The van der Waals surface area contributed by atoms with Crippen LogP contribution in [0.15, 0.2) is 48.5 Å². The minimum absolute atomic E-state index is 0.450. The molecule has 0 aliphatic rings. The van der Waals surface area contributed by atoms with Crippen LogP contribution in [0, 0.1) is 6.92 Å². The van der Waals surface area contributed by atoms with Gasteiger partial charge in [0.15, 0.2) is 0 Å². The molecule has 1 N–H and O–H groups in total. The zero-order valence-corrected chi connectivity index (χ0v) is 10.7. The Labute approximate surface area is 108 Å². The molecule has 1 heterocycles. The molecule has 18 heavy (non-hydrogen) atoms. The molecule has 0 fully saturated rings. The normalized spacial score (nSPS) is 12.3. The van der Waals surface area contributed by atoms with Crippen LogP contribution in [0.2, 0.25) is 0 Å². The smallest absolute Gasteiger partial charge is 0.0960 e. The second-order valence-electron chi connectivity index (χ2n) is 4.60. The lowest BCUT2D eigenvalue weighted by molar-refractivity contribution is 0.160. The Bertz CT molecular complexity index is 481. The number of hydrogen-bond acceptors (Lipinski definition) is 2. The molecule has 2 rings (SSSR count). The molecular weight excluding hydrogens is 222 g/mol. The lowest BCUT2D eigenvalue weighted by Crippen LogP contribution is -2.02. The van der Waals surface area contributed by atoms with Gasteiger partial charge in [0.05, 0.1) is 11.8 Å². The summed E-state index contributed by atoms with van der Waals surface area (Å²) in [7, 11) is 0. The van der Waals surface area contributed by atoms with Crippen molar-refractivity contribution in [2.24, 2.45) is 0 Å². The molecule has 2 nitrogen and oxygen atoms in total. The summed E-state index contributed by atoms with van der Waals surface area (Å²) in [5.41, 5.74) is 3.06. The molecule has 2 heteroatoms. The van der Waals surface area contributed by atoms with E-state index in [0.717, 1.165) is 30.7 Å². The summed E-state index contributed by atoms with van der Waals surface area (Å²) in [4.78, 5) is 4.35. The second-order valence-corrected chi connectivity index (χ2v) is 4.60. The number of pyridine rings is 1. The van der Waals surface area contributed by atoms with Crippen LogP contribution < -0.4 is 0 Å². The van der Waals surface area contributed by atoms with Crippen molar-refractivity contribution >= 4 is 0 Å². The summed E-state index contributed by atoms with van der Waals surface area (Å²) >= 11 is 0. The Morgan fingerprint density at radius 1 is 1.06 bits per heavy atom. The van der Waals surface area contributed by atoms with Crippen LogP contribution in [-0.2, 0) is 6.42 Å². The zero-order chi connectivity index (χ0) is 12.8. The Balaban J connectivity index is 1.83. The Morgan fingerprint density at radius 2 is 1.83 bits per heavy atom. The highest BCUT2D eigenvalue weighted by Gasteiger charge is 2.08. The molecular formula is C16H19NO. The van der Waals surface area contributed by atoms with E-state index in [1.54, 1.807) is 0 Å². The van der Waals surface area contributed by atoms with Gasteiger partial charge >= 0.3 is 0 Å². The van der Waals surface area contributed by atoms with E-state index in [4.69, 9.17) is 0 Å². The molecule has 0 bridgehead atoms. The number of aliphatic hydroxyl groups excluding tert-OH is 1. The van der Waals surface area contributed by atoms with Crippen molar-refractivity contribution in [2.75, 3.05) is 0 Å². The summed E-state index contributed by atoms with van der Waals surface area (Å²) in [6.45, 7) is 1.94. The topological polar surface area (TPSA) is 33.1 Å². The summed E-state index contributed by atoms with van der Waals surface area (Å²) in [5.74, 6) is 0. The van der Waals surface area contributed by atoms with Gasteiger partial charge in [-0.05, 0) is 43.9 Å². The first-order valence-electron chi connectivity index (χ1n) is 6.41. The summed E-state index contributed by atoms with van der Waals surface area (Å²) in [6, 6.07) is 16.1. The third-order valence-electron chi connectivity index (χ3n) is 3.04. The van der Waals surface area contributed by atoms with E-state index < -0.39 is 6.10 Å². The number of aromatic nitrogens is 1. The molecule has 0 saturated carbocycles. The van der Waals surface area contributed by atoms with Crippen LogP contribution >= 0.6 is 0 Å². The molecule has 0 amide bonds. The van der Waals surface area contributed by atoms with Gasteiger partial charge in [0.1, 0.15) is 0 Å². The van der Waals surface area contributed by atoms with Gasteiger partial charge in [-0.25, -0.2) is 0 Å². The Morgan fingerprint density at radius 3 is 2.56 bits per heavy atom. The van der Waals surface area contributed by atoms with Gasteiger partial charge in [-0.3, -0.25) is 4.98 Å². The second kappa shape index (κ2) is 6.31. The minimum Gasteiger partial charge on any atom is -0.387 e. The third-order valence-corrected chi connectivity index (χ3v) is 3.04.